The van der Waals surface area contributed by atoms with E-state index >= 15 is 0 Å². The molecular formula is C19H28N4O5S. The average Bonchev–Trinajstić information content (AvgIpc) is 2.73. The van der Waals surface area contributed by atoms with Crippen LogP contribution in [0.25, 0.3) is 0 Å². The molecule has 0 aliphatic carbocycles. The van der Waals surface area contributed by atoms with Crippen molar-refractivity contribution in [3.63, 3.8) is 0 Å². The molecule has 1 unspecified atom stereocenters. The van der Waals surface area contributed by atoms with E-state index in [1.165, 1.54) is 4.31 Å². The fourth-order valence-electron chi connectivity index (χ4n) is 3.47. The van der Waals surface area contributed by atoms with Gasteiger partial charge in [-0.3, -0.25) is 4.79 Å². The van der Waals surface area contributed by atoms with Crippen LogP contribution in [0.15, 0.2) is 24.3 Å². The lowest BCUT2D eigenvalue weighted by atomic mass is 9.99. The molecule has 2 aliphatic heterocycles. The van der Waals surface area contributed by atoms with Crippen molar-refractivity contribution in [3.05, 3.63) is 35.4 Å². The van der Waals surface area contributed by atoms with Gasteiger partial charge in [0.2, 0.25) is 15.9 Å². The Morgan fingerprint density at radius 2 is 1.90 bits per heavy atom. The summed E-state index contributed by atoms with van der Waals surface area (Å²) in [5.41, 5.74) is 1.40. The fourth-order valence-corrected chi connectivity index (χ4v) is 5.03. The molecule has 1 aromatic rings. The Kier molecular flexibility index (Phi) is 7.45. The molecule has 160 valence electrons. The minimum absolute atomic E-state index is 0.0322. The molecule has 0 saturated carbocycles. The predicted molar refractivity (Wildman–Crippen MR) is 107 cm³/mol. The van der Waals surface area contributed by atoms with Crippen molar-refractivity contribution in [1.82, 2.24) is 20.3 Å². The van der Waals surface area contributed by atoms with E-state index in [-0.39, 0.29) is 36.7 Å². The molecule has 0 radical (unpaired) electrons. The maximum atomic E-state index is 12.7. The number of sulfonamides is 1. The highest BCUT2D eigenvalue weighted by Crippen LogP contribution is 2.16. The summed E-state index contributed by atoms with van der Waals surface area (Å²) < 4.78 is 32.0. The van der Waals surface area contributed by atoms with Crippen LogP contribution in [0.5, 0.6) is 0 Å². The minimum Gasteiger partial charge on any atom is -0.379 e. The van der Waals surface area contributed by atoms with Crippen LogP contribution >= 0.6 is 0 Å². The molecule has 0 spiro atoms. The molecular weight excluding hydrogens is 396 g/mol. The summed E-state index contributed by atoms with van der Waals surface area (Å²) in [5.74, 6) is -0.356. The third kappa shape index (κ3) is 6.15. The van der Waals surface area contributed by atoms with Gasteiger partial charge in [0, 0.05) is 32.7 Å². The molecule has 3 N–H and O–H groups in total. The van der Waals surface area contributed by atoms with Crippen LogP contribution in [0, 0.1) is 5.92 Å². The summed E-state index contributed by atoms with van der Waals surface area (Å²) >= 11 is 0. The number of ether oxygens (including phenoxy) is 1. The lowest BCUT2D eigenvalue weighted by molar-refractivity contribution is -0.126. The second-order valence-corrected chi connectivity index (χ2v) is 9.20. The lowest BCUT2D eigenvalue weighted by Crippen LogP contribution is -2.45. The van der Waals surface area contributed by atoms with Crippen LogP contribution < -0.4 is 16.0 Å². The van der Waals surface area contributed by atoms with Crippen LogP contribution in [-0.2, 0) is 31.9 Å². The van der Waals surface area contributed by atoms with E-state index in [1.54, 1.807) is 18.2 Å². The van der Waals surface area contributed by atoms with Gasteiger partial charge in [0.1, 0.15) is 0 Å². The van der Waals surface area contributed by atoms with Gasteiger partial charge in [0.05, 0.1) is 24.9 Å². The van der Waals surface area contributed by atoms with Crippen molar-refractivity contribution in [2.45, 2.75) is 25.1 Å². The zero-order valence-electron chi connectivity index (χ0n) is 16.4. The highest BCUT2D eigenvalue weighted by molar-refractivity contribution is 7.88. The molecule has 9 nitrogen and oxygen atoms in total. The van der Waals surface area contributed by atoms with E-state index in [0.717, 1.165) is 18.4 Å². The number of urea groups is 1. The summed E-state index contributed by atoms with van der Waals surface area (Å²) in [4.78, 5) is 23.9. The standard InChI is InChI=1S/C19H28N4O5S/c24-18-16(6-3-7-20-18)13-22-19(25)21-12-15-4-1-2-5-17(15)14-29(26,27)23-8-10-28-11-9-23/h1-2,4-5,16H,3,6-14H2,(H,20,24)(H2,21,22,25). The Bertz CT molecular complexity index is 824. The number of carbonyl (C=O) groups excluding carboxylic acids is 2. The minimum atomic E-state index is -3.45. The van der Waals surface area contributed by atoms with Crippen molar-refractivity contribution >= 4 is 22.0 Å². The van der Waals surface area contributed by atoms with E-state index < -0.39 is 10.0 Å². The first-order chi connectivity index (χ1) is 14.0. The van der Waals surface area contributed by atoms with E-state index in [9.17, 15) is 18.0 Å². The second kappa shape index (κ2) is 10.0. The van der Waals surface area contributed by atoms with E-state index in [1.807, 2.05) is 6.07 Å². The van der Waals surface area contributed by atoms with E-state index in [2.05, 4.69) is 16.0 Å². The van der Waals surface area contributed by atoms with Crippen molar-refractivity contribution in [2.24, 2.45) is 5.92 Å². The molecule has 1 atom stereocenters. The van der Waals surface area contributed by atoms with Crippen LogP contribution in [0.3, 0.4) is 0 Å². The predicted octanol–water partition coefficient (Wildman–Crippen LogP) is 0.174. The van der Waals surface area contributed by atoms with Crippen LogP contribution in [-0.4, -0.2) is 64.1 Å². The van der Waals surface area contributed by atoms with Crippen molar-refractivity contribution in [3.8, 4) is 0 Å². The van der Waals surface area contributed by atoms with Gasteiger partial charge in [-0.15, -0.1) is 0 Å². The number of rotatable bonds is 7. The SMILES string of the molecule is O=C(NCc1ccccc1CS(=O)(=O)N1CCOCC1)NCC1CCCNC1=O. The summed E-state index contributed by atoms with van der Waals surface area (Å²) in [6.45, 7) is 2.71. The molecule has 2 saturated heterocycles. The van der Waals surface area contributed by atoms with E-state index in [0.29, 0.717) is 38.4 Å². The number of amides is 3. The van der Waals surface area contributed by atoms with Crippen molar-refractivity contribution < 1.29 is 22.7 Å². The third-order valence-electron chi connectivity index (χ3n) is 5.17. The number of hydrogen-bond acceptors (Lipinski definition) is 5. The average molecular weight is 425 g/mol. The van der Waals surface area contributed by atoms with Crippen LogP contribution in [0.4, 0.5) is 4.79 Å². The second-order valence-electron chi connectivity index (χ2n) is 7.23. The van der Waals surface area contributed by atoms with Gasteiger partial charge in [-0.2, -0.15) is 4.31 Å². The zero-order valence-corrected chi connectivity index (χ0v) is 17.2. The first kappa shape index (κ1) is 21.5. The Hall–Kier alpha value is -2.17. The number of morpholine rings is 1. The number of nitrogens with one attached hydrogen (secondary N) is 3. The summed E-state index contributed by atoms with van der Waals surface area (Å²) in [6, 6.07) is 6.79. The van der Waals surface area contributed by atoms with Crippen molar-refractivity contribution in [1.29, 1.82) is 0 Å². The Morgan fingerprint density at radius 1 is 1.17 bits per heavy atom. The van der Waals surface area contributed by atoms with Gasteiger partial charge >= 0.3 is 6.03 Å². The number of hydrogen-bond donors (Lipinski definition) is 3. The molecule has 10 heteroatoms. The highest BCUT2D eigenvalue weighted by atomic mass is 32.2. The monoisotopic (exact) mass is 424 g/mol. The molecule has 0 bridgehead atoms. The normalized spacial score (nSPS) is 20.7. The van der Waals surface area contributed by atoms with Crippen molar-refractivity contribution in [2.75, 3.05) is 39.4 Å². The number of piperidine rings is 1. The topological polar surface area (TPSA) is 117 Å². The number of nitrogens with zero attached hydrogens (tertiary/aromatic N) is 1. The fraction of sp³-hybridized carbons (Fsp3) is 0.579. The van der Waals surface area contributed by atoms with Gasteiger partial charge < -0.3 is 20.7 Å². The first-order valence-electron chi connectivity index (χ1n) is 9.87. The third-order valence-corrected chi connectivity index (χ3v) is 7.00. The summed E-state index contributed by atoms with van der Waals surface area (Å²) in [7, 11) is -3.45. The molecule has 3 rings (SSSR count). The molecule has 3 amide bonds. The van der Waals surface area contributed by atoms with Gasteiger partial charge in [0.15, 0.2) is 0 Å². The molecule has 29 heavy (non-hydrogen) atoms. The van der Waals surface area contributed by atoms with Gasteiger partial charge in [-0.25, -0.2) is 13.2 Å². The van der Waals surface area contributed by atoms with Crippen LogP contribution in [0.1, 0.15) is 24.0 Å². The molecule has 2 fully saturated rings. The smallest absolute Gasteiger partial charge is 0.315 e. The summed E-state index contributed by atoms with van der Waals surface area (Å²) in [6.07, 6.45) is 1.67. The highest BCUT2D eigenvalue weighted by Gasteiger charge is 2.25. The van der Waals surface area contributed by atoms with Gasteiger partial charge in [-0.1, -0.05) is 24.3 Å². The van der Waals surface area contributed by atoms with Gasteiger partial charge in [-0.05, 0) is 24.0 Å². The lowest BCUT2D eigenvalue weighted by Gasteiger charge is -2.26. The number of carbonyl (C=O) groups is 2. The Morgan fingerprint density at radius 3 is 2.62 bits per heavy atom. The maximum absolute atomic E-state index is 12.7. The number of benzene rings is 1. The maximum Gasteiger partial charge on any atom is 0.315 e. The Labute approximate surface area is 171 Å². The molecule has 0 aromatic heterocycles. The van der Waals surface area contributed by atoms with E-state index in [4.69, 9.17) is 4.74 Å². The Balaban J connectivity index is 1.53. The van der Waals surface area contributed by atoms with Gasteiger partial charge in [0.25, 0.3) is 0 Å². The zero-order chi connectivity index (χ0) is 20.7. The summed E-state index contributed by atoms with van der Waals surface area (Å²) in [5, 5.41) is 8.26. The molecule has 2 heterocycles. The molecule has 2 aliphatic rings. The quantitative estimate of drug-likeness (QED) is 0.577. The largest absolute Gasteiger partial charge is 0.379 e. The van der Waals surface area contributed by atoms with Crippen LogP contribution in [0.2, 0.25) is 0 Å². The first-order valence-corrected chi connectivity index (χ1v) is 11.5. The molecule has 1 aromatic carbocycles.